The number of carbonyl (C=O) groups excluding carboxylic acids is 2. The van der Waals surface area contributed by atoms with Gasteiger partial charge in [-0.3, -0.25) is 9.59 Å². The van der Waals surface area contributed by atoms with Crippen LogP contribution in [0.15, 0.2) is 48.5 Å². The van der Waals surface area contributed by atoms with E-state index in [1.54, 1.807) is 11.8 Å². The average Bonchev–Trinajstić information content (AvgIpc) is 3.41. The summed E-state index contributed by atoms with van der Waals surface area (Å²) in [5.74, 6) is -0.150. The highest BCUT2D eigenvalue weighted by Crippen LogP contribution is 2.44. The number of rotatable bonds is 7. The molecule has 2 N–H and O–H groups in total. The van der Waals surface area contributed by atoms with Crippen LogP contribution in [0.5, 0.6) is 0 Å². The van der Waals surface area contributed by atoms with E-state index in [9.17, 15) is 19.5 Å². The van der Waals surface area contributed by atoms with E-state index in [0.29, 0.717) is 38.6 Å². The molecule has 2 aromatic carbocycles. The second-order valence-corrected chi connectivity index (χ2v) is 10.6. The highest BCUT2D eigenvalue weighted by atomic mass is 16.5. The molecule has 2 fully saturated rings. The fourth-order valence-electron chi connectivity index (χ4n) is 5.91. The van der Waals surface area contributed by atoms with Crippen LogP contribution in [0.2, 0.25) is 0 Å². The molecule has 0 spiro atoms. The number of fused-ring (bicyclic) bond motifs is 3. The maximum absolute atomic E-state index is 12.5. The zero-order valence-corrected chi connectivity index (χ0v) is 20.0. The molecule has 0 radical (unpaired) electrons. The summed E-state index contributed by atoms with van der Waals surface area (Å²) in [6.45, 7) is 3.11. The molecule has 2 atom stereocenters. The third-order valence-corrected chi connectivity index (χ3v) is 7.94. The molecule has 184 valence electrons. The Balaban J connectivity index is 1.05. The fourth-order valence-corrected chi connectivity index (χ4v) is 5.91. The summed E-state index contributed by atoms with van der Waals surface area (Å²) in [5.41, 5.74) is 3.98. The molecule has 0 aromatic heterocycles. The minimum absolute atomic E-state index is 0.0406. The number of carboxylic acid groups (broad SMARTS) is 1. The largest absolute Gasteiger partial charge is 0.481 e. The highest BCUT2D eigenvalue weighted by molar-refractivity contribution is 5.83. The van der Waals surface area contributed by atoms with Gasteiger partial charge in [-0.2, -0.15) is 0 Å². The van der Waals surface area contributed by atoms with Crippen molar-refractivity contribution in [2.75, 3.05) is 26.2 Å². The lowest BCUT2D eigenvalue weighted by Crippen LogP contribution is -2.60. The number of aliphatic carboxylic acids is 1. The van der Waals surface area contributed by atoms with Gasteiger partial charge in [-0.25, -0.2) is 4.79 Å². The van der Waals surface area contributed by atoms with Crippen molar-refractivity contribution in [3.8, 4) is 11.1 Å². The summed E-state index contributed by atoms with van der Waals surface area (Å²) < 4.78 is 5.62. The third-order valence-electron chi connectivity index (χ3n) is 7.94. The molecule has 2 aromatic rings. The van der Waals surface area contributed by atoms with Crippen LogP contribution >= 0.6 is 0 Å². The van der Waals surface area contributed by atoms with Crippen LogP contribution in [0, 0.1) is 17.3 Å². The molecule has 1 aliphatic heterocycles. The van der Waals surface area contributed by atoms with Gasteiger partial charge in [0.15, 0.2) is 0 Å². The normalized spacial score (nSPS) is 22.1. The van der Waals surface area contributed by atoms with Gasteiger partial charge in [0, 0.05) is 32.0 Å². The number of nitrogens with one attached hydrogen (secondary N) is 1. The second kappa shape index (κ2) is 9.36. The van der Waals surface area contributed by atoms with Crippen molar-refractivity contribution in [3.05, 3.63) is 59.7 Å². The topological polar surface area (TPSA) is 95.9 Å². The first-order valence-electron chi connectivity index (χ1n) is 12.4. The van der Waals surface area contributed by atoms with Gasteiger partial charge in [-0.05, 0) is 60.3 Å². The molecule has 1 saturated carbocycles. The van der Waals surface area contributed by atoms with Crippen molar-refractivity contribution < 1.29 is 24.2 Å². The van der Waals surface area contributed by atoms with Crippen molar-refractivity contribution in [1.82, 2.24) is 10.2 Å². The quantitative estimate of drug-likeness (QED) is 0.622. The Labute approximate surface area is 205 Å². The number of alkyl carbamates (subject to hydrolysis) is 1. The molecule has 2 unspecified atom stereocenters. The Morgan fingerprint density at radius 1 is 1.00 bits per heavy atom. The van der Waals surface area contributed by atoms with Crippen molar-refractivity contribution in [2.24, 2.45) is 17.3 Å². The Morgan fingerprint density at radius 3 is 2.23 bits per heavy atom. The number of nitrogens with zero attached hydrogens (tertiary/aromatic N) is 1. The number of carboxylic acids is 1. The van der Waals surface area contributed by atoms with Gasteiger partial charge in [-0.15, -0.1) is 0 Å². The van der Waals surface area contributed by atoms with Crippen molar-refractivity contribution in [1.29, 1.82) is 0 Å². The van der Waals surface area contributed by atoms with E-state index in [1.165, 1.54) is 22.3 Å². The Hall–Kier alpha value is -3.35. The van der Waals surface area contributed by atoms with Crippen LogP contribution < -0.4 is 5.32 Å². The van der Waals surface area contributed by atoms with E-state index in [1.807, 2.05) is 24.3 Å². The van der Waals surface area contributed by atoms with Gasteiger partial charge in [0.05, 0.1) is 5.41 Å². The first-order chi connectivity index (χ1) is 16.8. The SMILES string of the molecule is CC1(C(=O)O)CN(C(=O)CC2CCC(CNC(=O)OCC3c4ccccc4-c4ccccc43)C2)C1. The van der Waals surface area contributed by atoms with Gasteiger partial charge >= 0.3 is 12.1 Å². The second-order valence-electron chi connectivity index (χ2n) is 10.6. The lowest BCUT2D eigenvalue weighted by atomic mass is 9.81. The van der Waals surface area contributed by atoms with Gasteiger partial charge in [0.1, 0.15) is 6.61 Å². The minimum Gasteiger partial charge on any atom is -0.481 e. The molecule has 0 bridgehead atoms. The molecule has 35 heavy (non-hydrogen) atoms. The number of amides is 2. The third kappa shape index (κ3) is 4.64. The highest BCUT2D eigenvalue weighted by Gasteiger charge is 2.47. The monoisotopic (exact) mass is 476 g/mol. The van der Waals surface area contributed by atoms with E-state index in [2.05, 4.69) is 29.6 Å². The number of hydrogen-bond acceptors (Lipinski definition) is 4. The Bertz CT molecular complexity index is 1090. The zero-order valence-electron chi connectivity index (χ0n) is 20.0. The molecule has 7 nitrogen and oxygen atoms in total. The molecule has 2 amide bonds. The number of ether oxygens (including phenoxy) is 1. The molecule has 2 aliphatic carbocycles. The minimum atomic E-state index is -0.846. The standard InChI is InChI=1S/C28H32N2O5/c1-28(26(32)33)16-30(17-28)25(31)13-18-10-11-19(12-18)14-29-27(34)35-15-24-22-8-4-2-6-20(22)21-7-3-5-9-23(21)24/h2-9,18-19,24H,10-17H2,1H3,(H,29,34)(H,32,33). The summed E-state index contributed by atoms with van der Waals surface area (Å²) >= 11 is 0. The number of carbonyl (C=O) groups is 3. The van der Waals surface area contributed by atoms with Gasteiger partial charge in [-0.1, -0.05) is 48.5 Å². The van der Waals surface area contributed by atoms with Crippen LogP contribution in [-0.4, -0.2) is 54.2 Å². The number of benzene rings is 2. The van der Waals surface area contributed by atoms with Crippen molar-refractivity contribution in [2.45, 2.75) is 38.5 Å². The number of hydrogen-bond donors (Lipinski definition) is 2. The smallest absolute Gasteiger partial charge is 0.407 e. The summed E-state index contributed by atoms with van der Waals surface area (Å²) in [7, 11) is 0. The molecular weight excluding hydrogens is 444 g/mol. The molecule has 1 heterocycles. The lowest BCUT2D eigenvalue weighted by molar-refractivity contribution is -0.164. The van der Waals surface area contributed by atoms with Gasteiger partial charge < -0.3 is 20.1 Å². The Kier molecular flexibility index (Phi) is 6.26. The fraction of sp³-hybridized carbons (Fsp3) is 0.464. The zero-order chi connectivity index (χ0) is 24.6. The molecule has 7 heteroatoms. The van der Waals surface area contributed by atoms with E-state index >= 15 is 0 Å². The summed E-state index contributed by atoms with van der Waals surface area (Å²) in [5, 5.41) is 12.1. The maximum Gasteiger partial charge on any atom is 0.407 e. The van der Waals surface area contributed by atoms with Crippen LogP contribution in [-0.2, 0) is 14.3 Å². The molecule has 3 aliphatic rings. The van der Waals surface area contributed by atoms with E-state index in [-0.39, 0.29) is 17.7 Å². The number of likely N-dealkylation sites (tertiary alicyclic amines) is 1. The first kappa shape index (κ1) is 23.4. The van der Waals surface area contributed by atoms with Crippen molar-refractivity contribution >= 4 is 18.0 Å². The van der Waals surface area contributed by atoms with Gasteiger partial charge in [0.2, 0.25) is 5.91 Å². The predicted molar refractivity (Wildman–Crippen MR) is 131 cm³/mol. The Morgan fingerprint density at radius 2 is 1.60 bits per heavy atom. The van der Waals surface area contributed by atoms with E-state index < -0.39 is 17.5 Å². The van der Waals surface area contributed by atoms with Crippen molar-refractivity contribution in [3.63, 3.8) is 0 Å². The van der Waals surface area contributed by atoms with Crippen LogP contribution in [0.25, 0.3) is 11.1 Å². The summed E-state index contributed by atoms with van der Waals surface area (Å²) in [6.07, 6.45) is 2.86. The lowest BCUT2D eigenvalue weighted by Gasteiger charge is -2.45. The van der Waals surface area contributed by atoms with Crippen LogP contribution in [0.4, 0.5) is 4.79 Å². The molecule has 5 rings (SSSR count). The molecular formula is C28H32N2O5. The molecule has 1 saturated heterocycles. The van der Waals surface area contributed by atoms with Gasteiger partial charge in [0.25, 0.3) is 0 Å². The predicted octanol–water partition coefficient (Wildman–Crippen LogP) is 4.26. The van der Waals surface area contributed by atoms with E-state index in [0.717, 1.165) is 19.3 Å². The van der Waals surface area contributed by atoms with Crippen LogP contribution in [0.1, 0.15) is 49.7 Å². The maximum atomic E-state index is 12.5. The van der Waals surface area contributed by atoms with E-state index in [4.69, 9.17) is 4.74 Å². The first-order valence-corrected chi connectivity index (χ1v) is 12.4. The average molecular weight is 477 g/mol. The summed E-state index contributed by atoms with van der Waals surface area (Å²) in [4.78, 5) is 37.8. The van der Waals surface area contributed by atoms with Crippen LogP contribution in [0.3, 0.4) is 0 Å². The summed E-state index contributed by atoms with van der Waals surface area (Å²) in [6, 6.07) is 16.5.